The average molecular weight is 392 g/mol. The van der Waals surface area contributed by atoms with Gasteiger partial charge in [-0.15, -0.1) is 0 Å². The monoisotopic (exact) mass is 391 g/mol. The van der Waals surface area contributed by atoms with Crippen LogP contribution in [0.25, 0.3) is 0 Å². The Labute approximate surface area is 161 Å². The molecule has 27 heavy (non-hydrogen) atoms. The van der Waals surface area contributed by atoms with Crippen LogP contribution in [0.2, 0.25) is 5.02 Å². The van der Waals surface area contributed by atoms with Gasteiger partial charge < -0.3 is 20.3 Å². The number of carbonyl (C=O) groups excluding carboxylic acids is 2. The Kier molecular flexibility index (Phi) is 6.26. The summed E-state index contributed by atoms with van der Waals surface area (Å²) in [5.41, 5.74) is 1.25. The van der Waals surface area contributed by atoms with Crippen molar-refractivity contribution in [1.82, 2.24) is 5.32 Å². The first-order valence-electron chi connectivity index (χ1n) is 8.50. The summed E-state index contributed by atoms with van der Waals surface area (Å²) in [6.45, 7) is 2.41. The lowest BCUT2D eigenvalue weighted by molar-refractivity contribution is -0.115. The number of carbonyl (C=O) groups is 2. The lowest BCUT2D eigenvalue weighted by atomic mass is 10.2. The standard InChI is InChI=1S/C19H19ClFN3O3/c20-13-4-3-5-14(21)18(13)19(26)22-12-17(25)23-15-6-1-2-7-16(15)24-8-10-27-11-9-24/h1-7H,8-12H2,(H,22,26)(H,23,25). The van der Waals surface area contributed by atoms with Crippen LogP contribution in [-0.4, -0.2) is 44.7 Å². The van der Waals surface area contributed by atoms with Gasteiger partial charge in [0.15, 0.2) is 0 Å². The van der Waals surface area contributed by atoms with Gasteiger partial charge in [-0.3, -0.25) is 9.59 Å². The molecule has 1 aliphatic rings. The summed E-state index contributed by atoms with van der Waals surface area (Å²) in [5, 5.41) is 5.16. The van der Waals surface area contributed by atoms with Crippen molar-refractivity contribution in [2.24, 2.45) is 0 Å². The Morgan fingerprint density at radius 3 is 2.59 bits per heavy atom. The van der Waals surface area contributed by atoms with Crippen molar-refractivity contribution in [3.8, 4) is 0 Å². The molecular weight excluding hydrogens is 373 g/mol. The van der Waals surface area contributed by atoms with Crippen molar-refractivity contribution in [2.75, 3.05) is 43.1 Å². The number of hydrogen-bond acceptors (Lipinski definition) is 4. The van der Waals surface area contributed by atoms with E-state index in [1.54, 1.807) is 6.07 Å². The number of nitrogens with one attached hydrogen (secondary N) is 2. The van der Waals surface area contributed by atoms with Crippen LogP contribution in [0.15, 0.2) is 42.5 Å². The summed E-state index contributed by atoms with van der Waals surface area (Å²) in [5.74, 6) is -1.90. The number of halogens is 2. The SMILES string of the molecule is O=C(CNC(=O)c1c(F)cccc1Cl)Nc1ccccc1N1CCOCC1. The Hall–Kier alpha value is -2.64. The predicted molar refractivity (Wildman–Crippen MR) is 102 cm³/mol. The van der Waals surface area contributed by atoms with Gasteiger partial charge in [0.25, 0.3) is 5.91 Å². The van der Waals surface area contributed by atoms with E-state index < -0.39 is 17.6 Å². The Bertz CT molecular complexity index is 820. The molecule has 1 heterocycles. The molecule has 1 aliphatic heterocycles. The number of rotatable bonds is 5. The maximum absolute atomic E-state index is 13.8. The zero-order valence-corrected chi connectivity index (χ0v) is 15.3. The molecule has 0 saturated carbocycles. The molecule has 1 saturated heterocycles. The first kappa shape index (κ1) is 19.1. The summed E-state index contributed by atoms with van der Waals surface area (Å²) in [7, 11) is 0. The molecule has 0 atom stereocenters. The van der Waals surface area contributed by atoms with E-state index in [9.17, 15) is 14.0 Å². The summed E-state index contributed by atoms with van der Waals surface area (Å²) >= 11 is 5.86. The van der Waals surface area contributed by atoms with Gasteiger partial charge >= 0.3 is 0 Å². The molecule has 0 radical (unpaired) electrons. The molecular formula is C19H19ClFN3O3. The molecule has 0 unspecified atom stereocenters. The third kappa shape index (κ3) is 4.75. The van der Waals surface area contributed by atoms with Crippen LogP contribution in [0.1, 0.15) is 10.4 Å². The number of hydrogen-bond donors (Lipinski definition) is 2. The molecule has 0 aromatic heterocycles. The molecule has 8 heteroatoms. The van der Waals surface area contributed by atoms with Crippen molar-refractivity contribution in [3.05, 3.63) is 58.9 Å². The number of para-hydroxylation sites is 2. The van der Waals surface area contributed by atoms with Gasteiger partial charge in [-0.2, -0.15) is 0 Å². The van der Waals surface area contributed by atoms with Crippen molar-refractivity contribution >= 4 is 34.8 Å². The second-order valence-electron chi connectivity index (χ2n) is 5.94. The lowest BCUT2D eigenvalue weighted by Crippen LogP contribution is -2.37. The largest absolute Gasteiger partial charge is 0.378 e. The van der Waals surface area contributed by atoms with Gasteiger partial charge in [-0.1, -0.05) is 29.8 Å². The van der Waals surface area contributed by atoms with E-state index in [4.69, 9.17) is 16.3 Å². The molecule has 2 amide bonds. The van der Waals surface area contributed by atoms with Crippen LogP contribution in [0.4, 0.5) is 15.8 Å². The zero-order valence-electron chi connectivity index (χ0n) is 14.5. The van der Waals surface area contributed by atoms with Crippen molar-refractivity contribution in [3.63, 3.8) is 0 Å². The van der Waals surface area contributed by atoms with Crippen molar-refractivity contribution < 1.29 is 18.7 Å². The van der Waals surface area contributed by atoms with E-state index >= 15 is 0 Å². The third-order valence-corrected chi connectivity index (χ3v) is 4.44. The summed E-state index contributed by atoms with van der Waals surface area (Å²) in [6.07, 6.45) is 0. The first-order valence-corrected chi connectivity index (χ1v) is 8.88. The second kappa shape index (κ2) is 8.83. The summed E-state index contributed by atoms with van der Waals surface area (Å²) < 4.78 is 19.1. The molecule has 0 aliphatic carbocycles. The molecule has 1 fully saturated rings. The van der Waals surface area contributed by atoms with E-state index in [-0.39, 0.29) is 17.1 Å². The minimum atomic E-state index is -0.741. The van der Waals surface area contributed by atoms with Gasteiger partial charge in [-0.05, 0) is 24.3 Å². The highest BCUT2D eigenvalue weighted by atomic mass is 35.5. The molecule has 0 spiro atoms. The normalized spacial score (nSPS) is 13.9. The van der Waals surface area contributed by atoms with E-state index in [1.165, 1.54) is 12.1 Å². The van der Waals surface area contributed by atoms with E-state index in [1.807, 2.05) is 18.2 Å². The number of morpholine rings is 1. The maximum atomic E-state index is 13.8. The topological polar surface area (TPSA) is 70.7 Å². The predicted octanol–water partition coefficient (Wildman–Crippen LogP) is 2.68. The van der Waals surface area contributed by atoms with Gasteiger partial charge in [-0.25, -0.2) is 4.39 Å². The van der Waals surface area contributed by atoms with Gasteiger partial charge in [0.2, 0.25) is 5.91 Å². The minimum absolute atomic E-state index is 0.00873. The Morgan fingerprint density at radius 1 is 1.11 bits per heavy atom. The van der Waals surface area contributed by atoms with Gasteiger partial charge in [0.05, 0.1) is 41.7 Å². The van der Waals surface area contributed by atoms with Crippen LogP contribution in [0, 0.1) is 5.82 Å². The van der Waals surface area contributed by atoms with Crippen molar-refractivity contribution in [1.29, 1.82) is 0 Å². The van der Waals surface area contributed by atoms with Gasteiger partial charge in [0, 0.05) is 13.1 Å². The number of benzene rings is 2. The first-order chi connectivity index (χ1) is 13.1. The fourth-order valence-electron chi connectivity index (χ4n) is 2.82. The maximum Gasteiger partial charge on any atom is 0.256 e. The van der Waals surface area contributed by atoms with Crippen LogP contribution in [-0.2, 0) is 9.53 Å². The van der Waals surface area contributed by atoms with Crippen LogP contribution >= 0.6 is 11.6 Å². The molecule has 6 nitrogen and oxygen atoms in total. The smallest absolute Gasteiger partial charge is 0.256 e. The highest BCUT2D eigenvalue weighted by Crippen LogP contribution is 2.26. The van der Waals surface area contributed by atoms with Gasteiger partial charge in [0.1, 0.15) is 5.82 Å². The molecule has 2 aromatic rings. The highest BCUT2D eigenvalue weighted by molar-refractivity contribution is 6.33. The Morgan fingerprint density at radius 2 is 1.85 bits per heavy atom. The summed E-state index contributed by atoms with van der Waals surface area (Å²) in [4.78, 5) is 26.5. The van der Waals surface area contributed by atoms with Crippen molar-refractivity contribution in [2.45, 2.75) is 0 Å². The number of nitrogens with zero attached hydrogens (tertiary/aromatic N) is 1. The van der Waals surface area contributed by atoms with E-state index in [0.717, 1.165) is 24.8 Å². The Balaban J connectivity index is 1.62. The molecule has 142 valence electrons. The number of amides is 2. The van der Waals surface area contributed by atoms with E-state index in [0.29, 0.717) is 18.9 Å². The number of ether oxygens (including phenoxy) is 1. The fourth-order valence-corrected chi connectivity index (χ4v) is 3.07. The quantitative estimate of drug-likeness (QED) is 0.822. The molecule has 3 rings (SSSR count). The highest BCUT2D eigenvalue weighted by Gasteiger charge is 2.18. The molecule has 2 aromatic carbocycles. The molecule has 0 bridgehead atoms. The molecule has 2 N–H and O–H groups in total. The third-order valence-electron chi connectivity index (χ3n) is 4.13. The van der Waals surface area contributed by atoms with Crippen LogP contribution in [0.3, 0.4) is 0 Å². The minimum Gasteiger partial charge on any atom is -0.378 e. The van der Waals surface area contributed by atoms with Crippen LogP contribution in [0.5, 0.6) is 0 Å². The number of anilines is 2. The summed E-state index contributed by atoms with van der Waals surface area (Å²) in [6, 6.07) is 11.4. The average Bonchev–Trinajstić information content (AvgIpc) is 2.67. The fraction of sp³-hybridized carbons (Fsp3) is 0.263. The second-order valence-corrected chi connectivity index (χ2v) is 6.35. The van der Waals surface area contributed by atoms with Crippen LogP contribution < -0.4 is 15.5 Å². The zero-order chi connectivity index (χ0) is 19.2. The lowest BCUT2D eigenvalue weighted by Gasteiger charge is -2.30. The van der Waals surface area contributed by atoms with E-state index in [2.05, 4.69) is 15.5 Å².